The van der Waals surface area contributed by atoms with Crippen molar-refractivity contribution in [2.45, 2.75) is 25.9 Å². The molecule has 0 bridgehead atoms. The number of amides is 1. The van der Waals surface area contributed by atoms with Gasteiger partial charge in [-0.2, -0.15) is 0 Å². The lowest BCUT2D eigenvalue weighted by atomic mass is 9.96. The maximum absolute atomic E-state index is 10.7. The highest BCUT2D eigenvalue weighted by Crippen LogP contribution is 2.19. The first-order valence-electron chi connectivity index (χ1n) is 4.68. The summed E-state index contributed by atoms with van der Waals surface area (Å²) in [4.78, 5) is 21.3. The fraction of sp³-hybridized carbons (Fsp3) is 0.778. The van der Waals surface area contributed by atoms with Crippen LogP contribution in [-0.4, -0.2) is 36.2 Å². The van der Waals surface area contributed by atoms with Crippen LogP contribution in [-0.2, 0) is 14.3 Å². The molecule has 1 heterocycles. The molecule has 0 aromatic rings. The number of ether oxygens (including phenoxy) is 1. The molecular formula is C9H15NO4. The molecule has 0 spiro atoms. The zero-order valence-corrected chi connectivity index (χ0v) is 8.16. The van der Waals surface area contributed by atoms with E-state index < -0.39 is 5.97 Å². The van der Waals surface area contributed by atoms with E-state index in [-0.39, 0.29) is 17.9 Å². The van der Waals surface area contributed by atoms with E-state index in [1.807, 2.05) is 0 Å². The predicted octanol–water partition coefficient (Wildman–Crippen LogP) is 0.00230. The molecular weight excluding hydrogens is 186 g/mol. The highest BCUT2D eigenvalue weighted by molar-refractivity contribution is 5.73. The molecule has 0 saturated carbocycles. The van der Waals surface area contributed by atoms with Crippen molar-refractivity contribution < 1.29 is 19.4 Å². The van der Waals surface area contributed by atoms with Gasteiger partial charge in [0.05, 0.1) is 12.0 Å². The minimum absolute atomic E-state index is 0.119. The number of rotatable bonds is 3. The van der Waals surface area contributed by atoms with Gasteiger partial charge < -0.3 is 15.2 Å². The van der Waals surface area contributed by atoms with E-state index in [4.69, 9.17) is 9.84 Å². The fourth-order valence-electron chi connectivity index (χ4n) is 1.50. The van der Waals surface area contributed by atoms with Gasteiger partial charge in [-0.25, -0.2) is 0 Å². The second kappa shape index (κ2) is 4.95. The standard InChI is InChI=1S/C9H15NO4/c1-6(11)10-5-8-4-7(9(12)13)2-3-14-8/h7-8H,2-5H2,1H3,(H,10,11)(H,12,13)/t7-,8+/m1/s1. The van der Waals surface area contributed by atoms with Gasteiger partial charge in [0.15, 0.2) is 0 Å². The molecule has 14 heavy (non-hydrogen) atoms. The van der Waals surface area contributed by atoms with Gasteiger partial charge in [0.2, 0.25) is 5.91 Å². The molecule has 1 fully saturated rings. The third-order valence-electron chi connectivity index (χ3n) is 2.30. The van der Waals surface area contributed by atoms with Gasteiger partial charge in [0, 0.05) is 20.1 Å². The Hall–Kier alpha value is -1.10. The van der Waals surface area contributed by atoms with Crippen LogP contribution in [0.3, 0.4) is 0 Å². The summed E-state index contributed by atoms with van der Waals surface area (Å²) in [6.07, 6.45) is 0.885. The van der Waals surface area contributed by atoms with Gasteiger partial charge >= 0.3 is 5.97 Å². The van der Waals surface area contributed by atoms with Crippen LogP contribution in [0.1, 0.15) is 19.8 Å². The molecule has 1 saturated heterocycles. The van der Waals surface area contributed by atoms with Gasteiger partial charge in [-0.3, -0.25) is 9.59 Å². The van der Waals surface area contributed by atoms with E-state index in [1.165, 1.54) is 6.92 Å². The smallest absolute Gasteiger partial charge is 0.306 e. The number of hydrogen-bond acceptors (Lipinski definition) is 3. The number of hydrogen-bond donors (Lipinski definition) is 2. The Morgan fingerprint density at radius 3 is 2.86 bits per heavy atom. The number of nitrogens with one attached hydrogen (secondary N) is 1. The maximum atomic E-state index is 10.7. The van der Waals surface area contributed by atoms with Crippen molar-refractivity contribution in [1.29, 1.82) is 0 Å². The Labute approximate surface area is 82.4 Å². The van der Waals surface area contributed by atoms with E-state index in [0.29, 0.717) is 26.0 Å². The third kappa shape index (κ3) is 3.33. The first-order chi connectivity index (χ1) is 6.59. The zero-order chi connectivity index (χ0) is 10.6. The molecule has 0 aromatic heterocycles. The highest BCUT2D eigenvalue weighted by atomic mass is 16.5. The van der Waals surface area contributed by atoms with Crippen LogP contribution in [0, 0.1) is 5.92 Å². The number of carbonyl (C=O) groups excluding carboxylic acids is 1. The number of aliphatic carboxylic acids is 1. The molecule has 1 aliphatic heterocycles. The molecule has 80 valence electrons. The van der Waals surface area contributed by atoms with Gasteiger partial charge in [0.25, 0.3) is 0 Å². The number of carbonyl (C=O) groups is 2. The Morgan fingerprint density at radius 1 is 1.57 bits per heavy atom. The molecule has 0 aliphatic carbocycles. The van der Waals surface area contributed by atoms with Crippen molar-refractivity contribution in [3.63, 3.8) is 0 Å². The van der Waals surface area contributed by atoms with Gasteiger partial charge in [-0.1, -0.05) is 0 Å². The van der Waals surface area contributed by atoms with E-state index in [1.54, 1.807) is 0 Å². The normalized spacial score (nSPS) is 26.9. The summed E-state index contributed by atoms with van der Waals surface area (Å²) in [5.41, 5.74) is 0. The molecule has 1 rings (SSSR count). The molecule has 0 radical (unpaired) electrons. The third-order valence-corrected chi connectivity index (χ3v) is 2.30. The summed E-state index contributed by atoms with van der Waals surface area (Å²) < 4.78 is 5.33. The lowest BCUT2D eigenvalue weighted by molar-refractivity contribution is -0.146. The fourth-order valence-corrected chi connectivity index (χ4v) is 1.50. The van der Waals surface area contributed by atoms with Crippen molar-refractivity contribution in [1.82, 2.24) is 5.32 Å². The molecule has 1 aliphatic rings. The zero-order valence-electron chi connectivity index (χ0n) is 8.16. The van der Waals surface area contributed by atoms with Crippen molar-refractivity contribution in [2.75, 3.05) is 13.2 Å². The second-order valence-corrected chi connectivity index (χ2v) is 3.49. The lowest BCUT2D eigenvalue weighted by Crippen LogP contribution is -2.38. The van der Waals surface area contributed by atoms with Crippen LogP contribution in [0.15, 0.2) is 0 Å². The molecule has 0 aromatic carbocycles. The van der Waals surface area contributed by atoms with Crippen LogP contribution in [0.5, 0.6) is 0 Å². The topological polar surface area (TPSA) is 75.6 Å². The Balaban J connectivity index is 2.32. The minimum Gasteiger partial charge on any atom is -0.481 e. The largest absolute Gasteiger partial charge is 0.481 e. The first kappa shape index (κ1) is 11.0. The van der Waals surface area contributed by atoms with Crippen molar-refractivity contribution >= 4 is 11.9 Å². The summed E-state index contributed by atoms with van der Waals surface area (Å²) in [6, 6.07) is 0. The summed E-state index contributed by atoms with van der Waals surface area (Å²) in [7, 11) is 0. The Kier molecular flexibility index (Phi) is 3.88. The molecule has 2 N–H and O–H groups in total. The van der Waals surface area contributed by atoms with E-state index in [0.717, 1.165) is 0 Å². The average Bonchev–Trinajstić information content (AvgIpc) is 2.15. The quantitative estimate of drug-likeness (QED) is 0.674. The van der Waals surface area contributed by atoms with Gasteiger partial charge in [-0.15, -0.1) is 0 Å². The first-order valence-corrected chi connectivity index (χ1v) is 4.68. The SMILES string of the molecule is CC(=O)NC[C@@H]1C[C@H](C(=O)O)CCO1. The predicted molar refractivity (Wildman–Crippen MR) is 48.8 cm³/mol. The van der Waals surface area contributed by atoms with Crippen LogP contribution in [0.4, 0.5) is 0 Å². The molecule has 5 nitrogen and oxygen atoms in total. The van der Waals surface area contributed by atoms with E-state index in [2.05, 4.69) is 5.32 Å². The Morgan fingerprint density at radius 2 is 2.29 bits per heavy atom. The van der Waals surface area contributed by atoms with Crippen molar-refractivity contribution in [3.05, 3.63) is 0 Å². The summed E-state index contributed by atoms with van der Waals surface area (Å²) in [6.45, 7) is 2.29. The van der Waals surface area contributed by atoms with Gasteiger partial charge in [0.1, 0.15) is 0 Å². The van der Waals surface area contributed by atoms with Gasteiger partial charge in [-0.05, 0) is 12.8 Å². The Bertz CT molecular complexity index is 229. The molecule has 1 amide bonds. The summed E-state index contributed by atoms with van der Waals surface area (Å²) >= 11 is 0. The monoisotopic (exact) mass is 201 g/mol. The van der Waals surface area contributed by atoms with Crippen LogP contribution >= 0.6 is 0 Å². The summed E-state index contributed by atoms with van der Waals surface area (Å²) in [5.74, 6) is -1.23. The van der Waals surface area contributed by atoms with E-state index in [9.17, 15) is 9.59 Å². The van der Waals surface area contributed by atoms with Crippen molar-refractivity contribution in [3.8, 4) is 0 Å². The number of carboxylic acids is 1. The average molecular weight is 201 g/mol. The second-order valence-electron chi connectivity index (χ2n) is 3.49. The van der Waals surface area contributed by atoms with Crippen LogP contribution < -0.4 is 5.32 Å². The lowest BCUT2D eigenvalue weighted by Gasteiger charge is -2.27. The molecule has 0 unspecified atom stereocenters. The van der Waals surface area contributed by atoms with E-state index >= 15 is 0 Å². The van der Waals surface area contributed by atoms with Crippen molar-refractivity contribution in [2.24, 2.45) is 5.92 Å². The number of carboxylic acid groups (broad SMARTS) is 1. The van der Waals surface area contributed by atoms with Crippen LogP contribution in [0.2, 0.25) is 0 Å². The highest BCUT2D eigenvalue weighted by Gasteiger charge is 2.27. The maximum Gasteiger partial charge on any atom is 0.306 e. The molecule has 2 atom stereocenters. The molecule has 5 heteroatoms. The summed E-state index contributed by atoms with van der Waals surface area (Å²) in [5, 5.41) is 11.4. The minimum atomic E-state index is -0.777. The van der Waals surface area contributed by atoms with Crippen LogP contribution in [0.25, 0.3) is 0 Å².